The molecule has 0 aromatic heterocycles. The predicted molar refractivity (Wildman–Crippen MR) is 68.8 cm³/mol. The van der Waals surface area contributed by atoms with Crippen molar-refractivity contribution in [3.05, 3.63) is 12.2 Å². The third kappa shape index (κ3) is 6.32. The molecule has 6 heteroatoms. The summed E-state index contributed by atoms with van der Waals surface area (Å²) in [5.74, 6) is -1.15. The first-order valence-corrected chi connectivity index (χ1v) is 5.88. The van der Waals surface area contributed by atoms with Crippen molar-refractivity contribution in [2.75, 3.05) is 13.7 Å². The largest absolute Gasteiger partial charge is 0.466 e. The second kappa shape index (κ2) is 8.82. The van der Waals surface area contributed by atoms with Crippen molar-refractivity contribution >= 4 is 5.97 Å². The standard InChI is InChI=1S/C13H18N4O2/c1-9(6-14)8-16-17-12(11(3)7-15)5-10(2)13(18)19-4/h9,11-12H,2,5,8H2,1,3-4H3. The highest BCUT2D eigenvalue weighted by molar-refractivity contribution is 5.87. The van der Waals surface area contributed by atoms with Crippen LogP contribution in [0.1, 0.15) is 20.3 Å². The lowest BCUT2D eigenvalue weighted by Gasteiger charge is -2.13. The van der Waals surface area contributed by atoms with E-state index in [0.717, 1.165) is 0 Å². The van der Waals surface area contributed by atoms with Crippen molar-refractivity contribution in [1.29, 1.82) is 10.5 Å². The number of methoxy groups -OCH3 is 1. The van der Waals surface area contributed by atoms with Gasteiger partial charge in [0.15, 0.2) is 0 Å². The maximum Gasteiger partial charge on any atom is 0.333 e. The Morgan fingerprint density at radius 3 is 2.47 bits per heavy atom. The highest BCUT2D eigenvalue weighted by atomic mass is 16.5. The number of carbonyl (C=O) groups is 1. The molecule has 0 aromatic rings. The molecule has 0 N–H and O–H groups in total. The molecule has 0 aliphatic heterocycles. The number of carbonyl (C=O) groups excluding carboxylic acids is 1. The highest BCUT2D eigenvalue weighted by Crippen LogP contribution is 2.17. The van der Waals surface area contributed by atoms with Crippen LogP contribution >= 0.6 is 0 Å². The van der Waals surface area contributed by atoms with Gasteiger partial charge in [-0.25, -0.2) is 4.79 Å². The summed E-state index contributed by atoms with van der Waals surface area (Å²) >= 11 is 0. The quantitative estimate of drug-likeness (QED) is 0.399. The lowest BCUT2D eigenvalue weighted by Crippen LogP contribution is -2.18. The molecule has 102 valence electrons. The van der Waals surface area contributed by atoms with Gasteiger partial charge in [0.1, 0.15) is 0 Å². The van der Waals surface area contributed by atoms with E-state index in [1.807, 2.05) is 6.07 Å². The fourth-order valence-corrected chi connectivity index (χ4v) is 1.20. The van der Waals surface area contributed by atoms with Crippen LogP contribution in [0.4, 0.5) is 0 Å². The molecule has 0 rings (SSSR count). The van der Waals surface area contributed by atoms with Gasteiger partial charge in [-0.3, -0.25) is 0 Å². The summed E-state index contributed by atoms with van der Waals surface area (Å²) in [4.78, 5) is 11.3. The SMILES string of the molecule is C=C(CC(N=NCC(C)C#N)C(C)C#N)C(=O)OC. The number of azo groups is 1. The summed E-state index contributed by atoms with van der Waals surface area (Å²) < 4.78 is 4.55. The normalized spacial score (nSPS) is 15.0. The van der Waals surface area contributed by atoms with Crippen LogP contribution in [-0.2, 0) is 9.53 Å². The molecule has 0 amide bonds. The van der Waals surface area contributed by atoms with Crippen molar-refractivity contribution in [2.24, 2.45) is 22.1 Å². The van der Waals surface area contributed by atoms with Crippen LogP contribution in [0.3, 0.4) is 0 Å². The minimum Gasteiger partial charge on any atom is -0.466 e. The Hall–Kier alpha value is -2.21. The number of esters is 1. The van der Waals surface area contributed by atoms with E-state index < -0.39 is 17.9 Å². The Bertz CT molecular complexity index is 431. The minimum atomic E-state index is -0.518. The Kier molecular flexibility index (Phi) is 7.79. The van der Waals surface area contributed by atoms with Gasteiger partial charge in [0, 0.05) is 12.0 Å². The topological polar surface area (TPSA) is 98.6 Å². The van der Waals surface area contributed by atoms with Crippen LogP contribution in [0.5, 0.6) is 0 Å². The molecule has 0 fully saturated rings. The van der Waals surface area contributed by atoms with Crippen molar-refractivity contribution in [1.82, 2.24) is 0 Å². The van der Waals surface area contributed by atoms with Crippen LogP contribution in [0.25, 0.3) is 0 Å². The number of hydrogen-bond acceptors (Lipinski definition) is 6. The number of nitrogens with zero attached hydrogens (tertiary/aromatic N) is 4. The van der Waals surface area contributed by atoms with Gasteiger partial charge in [-0.05, 0) is 13.8 Å². The summed E-state index contributed by atoms with van der Waals surface area (Å²) in [5, 5.41) is 25.5. The Labute approximate surface area is 113 Å². The molecule has 3 unspecified atom stereocenters. The van der Waals surface area contributed by atoms with Crippen molar-refractivity contribution < 1.29 is 9.53 Å². The van der Waals surface area contributed by atoms with Gasteiger partial charge < -0.3 is 4.74 Å². The van der Waals surface area contributed by atoms with Crippen LogP contribution in [0.15, 0.2) is 22.4 Å². The molecule has 0 heterocycles. The molecule has 0 aliphatic rings. The number of hydrogen-bond donors (Lipinski definition) is 0. The summed E-state index contributed by atoms with van der Waals surface area (Å²) in [6.07, 6.45) is 0.214. The second-order valence-electron chi connectivity index (χ2n) is 4.25. The Morgan fingerprint density at radius 2 is 2.00 bits per heavy atom. The van der Waals surface area contributed by atoms with Crippen molar-refractivity contribution in [3.63, 3.8) is 0 Å². The second-order valence-corrected chi connectivity index (χ2v) is 4.25. The predicted octanol–water partition coefficient (Wildman–Crippen LogP) is 2.25. The first kappa shape index (κ1) is 16.8. The Morgan fingerprint density at radius 1 is 1.37 bits per heavy atom. The van der Waals surface area contributed by atoms with E-state index in [9.17, 15) is 4.79 Å². The van der Waals surface area contributed by atoms with Gasteiger partial charge in [0.25, 0.3) is 0 Å². The molecule has 0 aliphatic carbocycles. The van der Waals surface area contributed by atoms with Crippen LogP contribution < -0.4 is 0 Å². The maximum atomic E-state index is 11.3. The van der Waals surface area contributed by atoms with Crippen LogP contribution in [0, 0.1) is 34.5 Å². The molecule has 19 heavy (non-hydrogen) atoms. The van der Waals surface area contributed by atoms with Gasteiger partial charge in [-0.1, -0.05) is 6.58 Å². The molecule has 0 bridgehead atoms. The molecule has 0 aromatic carbocycles. The summed E-state index contributed by atoms with van der Waals surface area (Å²) in [5.41, 5.74) is 0.252. The maximum absolute atomic E-state index is 11.3. The number of rotatable bonds is 7. The van der Waals surface area contributed by atoms with E-state index in [-0.39, 0.29) is 24.5 Å². The summed E-state index contributed by atoms with van der Waals surface area (Å²) in [6.45, 7) is 7.30. The molecule has 0 saturated carbocycles. The van der Waals surface area contributed by atoms with Crippen molar-refractivity contribution in [2.45, 2.75) is 26.3 Å². The minimum absolute atomic E-state index is 0.214. The lowest BCUT2D eigenvalue weighted by atomic mass is 9.97. The third-order valence-corrected chi connectivity index (χ3v) is 2.52. The molecule has 0 spiro atoms. The Balaban J connectivity index is 4.67. The fourth-order valence-electron chi connectivity index (χ4n) is 1.20. The molecule has 6 nitrogen and oxygen atoms in total. The lowest BCUT2D eigenvalue weighted by molar-refractivity contribution is -0.136. The monoisotopic (exact) mass is 262 g/mol. The average molecular weight is 262 g/mol. The van der Waals surface area contributed by atoms with E-state index in [1.165, 1.54) is 7.11 Å². The van der Waals surface area contributed by atoms with E-state index >= 15 is 0 Å². The zero-order valence-corrected chi connectivity index (χ0v) is 11.5. The summed E-state index contributed by atoms with van der Waals surface area (Å²) in [6, 6.07) is 3.65. The van der Waals surface area contributed by atoms with Gasteiger partial charge in [-0.2, -0.15) is 20.8 Å². The van der Waals surface area contributed by atoms with Gasteiger partial charge >= 0.3 is 5.97 Å². The first-order chi connectivity index (χ1) is 8.96. The molecular formula is C13H18N4O2. The van der Waals surface area contributed by atoms with E-state index in [4.69, 9.17) is 10.5 Å². The molecule has 0 saturated heterocycles. The summed E-state index contributed by atoms with van der Waals surface area (Å²) in [7, 11) is 1.27. The zero-order valence-electron chi connectivity index (χ0n) is 11.5. The van der Waals surface area contributed by atoms with Gasteiger partial charge in [0.2, 0.25) is 0 Å². The molecule has 0 radical (unpaired) electrons. The average Bonchev–Trinajstić information content (AvgIpc) is 2.43. The first-order valence-electron chi connectivity index (χ1n) is 5.88. The molecular weight excluding hydrogens is 244 g/mol. The molecule has 3 atom stereocenters. The smallest absolute Gasteiger partial charge is 0.333 e. The van der Waals surface area contributed by atoms with E-state index in [2.05, 4.69) is 27.6 Å². The highest BCUT2D eigenvalue weighted by Gasteiger charge is 2.20. The van der Waals surface area contributed by atoms with Crippen molar-refractivity contribution in [3.8, 4) is 12.1 Å². The number of nitriles is 2. The zero-order chi connectivity index (χ0) is 14.8. The third-order valence-electron chi connectivity index (χ3n) is 2.52. The van der Waals surface area contributed by atoms with Gasteiger partial charge in [0.05, 0.1) is 43.7 Å². The van der Waals surface area contributed by atoms with E-state index in [1.54, 1.807) is 13.8 Å². The van der Waals surface area contributed by atoms with Crippen LogP contribution in [0.2, 0.25) is 0 Å². The van der Waals surface area contributed by atoms with E-state index in [0.29, 0.717) is 0 Å². The van der Waals surface area contributed by atoms with Crippen LogP contribution in [-0.4, -0.2) is 25.7 Å². The number of ether oxygens (including phenoxy) is 1. The fraction of sp³-hybridized carbons (Fsp3) is 0.615. The van der Waals surface area contributed by atoms with Gasteiger partial charge in [-0.15, -0.1) is 0 Å².